The van der Waals surface area contributed by atoms with Crippen molar-refractivity contribution in [2.45, 2.75) is 71.6 Å². The average Bonchev–Trinajstić information content (AvgIpc) is 3.24. The molecule has 210 valence electrons. The summed E-state index contributed by atoms with van der Waals surface area (Å²) >= 11 is 0. The summed E-state index contributed by atoms with van der Waals surface area (Å²) in [5.74, 6) is -0.284. The smallest absolute Gasteiger partial charge is 0.335 e. The molecule has 0 saturated heterocycles. The summed E-state index contributed by atoms with van der Waals surface area (Å²) in [6, 6.07) is 11.7. The van der Waals surface area contributed by atoms with Gasteiger partial charge in [-0.1, -0.05) is 32.8 Å². The molecule has 1 aromatic heterocycles. The van der Waals surface area contributed by atoms with Crippen molar-refractivity contribution in [3.05, 3.63) is 53.1 Å². The first-order valence-corrected chi connectivity index (χ1v) is 14.7. The SMILES string of the molecule is CCOc1ccc2c(c1)CN(CCN(CC)CC)CCn1c-2c([C@H]2CCCC[C@@H]2F)c2ccc(C(=O)O)cc21. The molecule has 0 radical (unpaired) electrons. The maximum absolute atomic E-state index is 15.6. The highest BCUT2D eigenvalue weighted by atomic mass is 19.1. The first kappa shape index (κ1) is 27.7. The van der Waals surface area contributed by atoms with Crippen LogP contribution in [0.4, 0.5) is 4.39 Å². The summed E-state index contributed by atoms with van der Waals surface area (Å²) in [6.45, 7) is 13.3. The third-order valence-electron chi connectivity index (χ3n) is 8.71. The lowest BCUT2D eigenvalue weighted by molar-refractivity contribution is 0.0697. The number of aromatic carboxylic acids is 1. The van der Waals surface area contributed by atoms with Gasteiger partial charge in [-0.3, -0.25) is 4.90 Å². The molecule has 2 aromatic carbocycles. The predicted octanol–water partition coefficient (Wildman–Crippen LogP) is 6.56. The molecule has 7 heteroatoms. The molecule has 0 amide bonds. The quantitative estimate of drug-likeness (QED) is 0.336. The van der Waals surface area contributed by atoms with Gasteiger partial charge in [-0.05, 0) is 74.3 Å². The zero-order chi connectivity index (χ0) is 27.5. The van der Waals surface area contributed by atoms with Gasteiger partial charge in [0, 0.05) is 55.1 Å². The van der Waals surface area contributed by atoms with Crippen LogP contribution in [-0.2, 0) is 13.1 Å². The minimum atomic E-state index is -0.941. The molecule has 1 aliphatic carbocycles. The number of hydrogen-bond donors (Lipinski definition) is 1. The summed E-state index contributed by atoms with van der Waals surface area (Å²) in [5.41, 5.74) is 5.55. The van der Waals surface area contributed by atoms with Gasteiger partial charge in [0.15, 0.2) is 0 Å². The minimum Gasteiger partial charge on any atom is -0.494 e. The number of likely N-dealkylation sites (N-methyl/N-ethyl adjacent to an activating group) is 1. The van der Waals surface area contributed by atoms with Crippen LogP contribution in [0.1, 0.15) is 73.9 Å². The first-order chi connectivity index (χ1) is 18.9. The zero-order valence-corrected chi connectivity index (χ0v) is 23.6. The molecule has 0 unspecified atom stereocenters. The third kappa shape index (κ3) is 5.57. The fourth-order valence-corrected chi connectivity index (χ4v) is 6.58. The number of aromatic nitrogens is 1. The Hall–Kier alpha value is -2.90. The highest BCUT2D eigenvalue weighted by Gasteiger charge is 2.34. The van der Waals surface area contributed by atoms with E-state index in [1.165, 1.54) is 5.56 Å². The molecule has 1 fully saturated rings. The highest BCUT2D eigenvalue weighted by Crippen LogP contribution is 2.47. The van der Waals surface area contributed by atoms with Crippen LogP contribution in [-0.4, -0.2) is 70.9 Å². The Bertz CT molecular complexity index is 1320. The molecule has 2 atom stereocenters. The molecule has 3 aromatic rings. The van der Waals surface area contributed by atoms with Crippen molar-refractivity contribution in [2.75, 3.05) is 39.3 Å². The van der Waals surface area contributed by atoms with Crippen LogP contribution in [0, 0.1) is 0 Å². The number of benzene rings is 2. The van der Waals surface area contributed by atoms with E-state index >= 15 is 4.39 Å². The third-order valence-corrected chi connectivity index (χ3v) is 8.71. The van der Waals surface area contributed by atoms with Crippen LogP contribution in [0.15, 0.2) is 36.4 Å². The number of hydrogen-bond acceptors (Lipinski definition) is 4. The van der Waals surface area contributed by atoms with E-state index in [-0.39, 0.29) is 11.5 Å². The number of carbonyl (C=O) groups is 1. The summed E-state index contributed by atoms with van der Waals surface area (Å²) < 4.78 is 23.8. The molecule has 2 heterocycles. The van der Waals surface area contributed by atoms with Gasteiger partial charge < -0.3 is 19.3 Å². The minimum absolute atomic E-state index is 0.189. The van der Waals surface area contributed by atoms with Crippen molar-refractivity contribution in [3.63, 3.8) is 0 Å². The molecule has 1 saturated carbocycles. The van der Waals surface area contributed by atoms with Gasteiger partial charge in [0.25, 0.3) is 0 Å². The lowest BCUT2D eigenvalue weighted by Crippen LogP contribution is -2.37. The second kappa shape index (κ2) is 12.1. The first-order valence-electron chi connectivity index (χ1n) is 14.7. The van der Waals surface area contributed by atoms with E-state index in [4.69, 9.17) is 4.74 Å². The van der Waals surface area contributed by atoms with E-state index in [0.29, 0.717) is 13.0 Å². The summed E-state index contributed by atoms with van der Waals surface area (Å²) in [7, 11) is 0. The Morgan fingerprint density at radius 3 is 2.59 bits per heavy atom. The van der Waals surface area contributed by atoms with E-state index in [2.05, 4.69) is 40.3 Å². The Morgan fingerprint density at radius 2 is 1.87 bits per heavy atom. The molecule has 0 bridgehead atoms. The molecule has 1 N–H and O–H groups in total. The Morgan fingerprint density at radius 1 is 1.08 bits per heavy atom. The number of carboxylic acid groups (broad SMARTS) is 1. The van der Waals surface area contributed by atoms with Crippen molar-refractivity contribution >= 4 is 16.9 Å². The number of halogens is 1. The van der Waals surface area contributed by atoms with Crippen LogP contribution in [0.3, 0.4) is 0 Å². The Labute approximate surface area is 231 Å². The van der Waals surface area contributed by atoms with E-state index < -0.39 is 12.1 Å². The maximum atomic E-state index is 15.6. The molecule has 6 nitrogen and oxygen atoms in total. The molecule has 2 aliphatic rings. The summed E-state index contributed by atoms with van der Waals surface area (Å²) in [5, 5.41) is 10.8. The molecular formula is C32H42FN3O3. The molecule has 0 spiro atoms. The number of nitrogens with zero attached hydrogens (tertiary/aromatic N) is 3. The van der Waals surface area contributed by atoms with Gasteiger partial charge in [-0.2, -0.15) is 0 Å². The monoisotopic (exact) mass is 535 g/mol. The molecule has 1 aliphatic heterocycles. The van der Waals surface area contributed by atoms with Gasteiger partial charge in [0.05, 0.1) is 17.9 Å². The van der Waals surface area contributed by atoms with Crippen molar-refractivity contribution in [2.24, 2.45) is 0 Å². The average molecular weight is 536 g/mol. The van der Waals surface area contributed by atoms with E-state index in [0.717, 1.165) is 98.5 Å². The van der Waals surface area contributed by atoms with E-state index in [1.807, 2.05) is 19.1 Å². The van der Waals surface area contributed by atoms with Gasteiger partial charge in [-0.15, -0.1) is 0 Å². The van der Waals surface area contributed by atoms with Crippen molar-refractivity contribution < 1.29 is 19.0 Å². The largest absolute Gasteiger partial charge is 0.494 e. The topological polar surface area (TPSA) is 57.9 Å². The van der Waals surface area contributed by atoms with Crippen LogP contribution < -0.4 is 4.74 Å². The molecule has 39 heavy (non-hydrogen) atoms. The van der Waals surface area contributed by atoms with Crippen LogP contribution >= 0.6 is 0 Å². The number of carboxylic acids is 1. The highest BCUT2D eigenvalue weighted by molar-refractivity contribution is 5.98. The fraction of sp³-hybridized carbons (Fsp3) is 0.531. The second-order valence-electron chi connectivity index (χ2n) is 10.9. The van der Waals surface area contributed by atoms with Crippen LogP contribution in [0.5, 0.6) is 5.75 Å². The van der Waals surface area contributed by atoms with Crippen LogP contribution in [0.2, 0.25) is 0 Å². The number of fused-ring (bicyclic) bond motifs is 5. The predicted molar refractivity (Wildman–Crippen MR) is 155 cm³/mol. The maximum Gasteiger partial charge on any atom is 0.335 e. The van der Waals surface area contributed by atoms with Gasteiger partial charge in [0.2, 0.25) is 0 Å². The Kier molecular flexibility index (Phi) is 8.57. The normalized spacial score (nSPS) is 19.9. The summed E-state index contributed by atoms with van der Waals surface area (Å²) in [6.07, 6.45) is 2.44. The standard InChI is InChI=1S/C32H42FN3O3/c1-4-34(5-2)15-16-35-17-18-36-29-20-22(32(37)38)11-13-27(29)30(26-9-7-8-10-28(26)33)31(36)25-14-12-24(39-6-3)19-23(25)21-35/h11-14,19-20,26,28H,4-10,15-18,21H2,1-3H3,(H,37,38)/t26-,28-/m0/s1. The molecular weight excluding hydrogens is 493 g/mol. The van der Waals surface area contributed by atoms with Crippen molar-refractivity contribution in [3.8, 4) is 17.0 Å². The van der Waals surface area contributed by atoms with E-state index in [1.54, 1.807) is 12.1 Å². The van der Waals surface area contributed by atoms with Crippen molar-refractivity contribution in [1.29, 1.82) is 0 Å². The van der Waals surface area contributed by atoms with Gasteiger partial charge in [0.1, 0.15) is 11.9 Å². The van der Waals surface area contributed by atoms with Gasteiger partial charge in [-0.25, -0.2) is 9.18 Å². The fourth-order valence-electron chi connectivity index (χ4n) is 6.58. The lowest BCUT2D eigenvalue weighted by atomic mass is 9.80. The van der Waals surface area contributed by atoms with Gasteiger partial charge >= 0.3 is 5.97 Å². The second-order valence-corrected chi connectivity index (χ2v) is 10.9. The van der Waals surface area contributed by atoms with Crippen molar-refractivity contribution in [1.82, 2.24) is 14.4 Å². The van der Waals surface area contributed by atoms with E-state index in [9.17, 15) is 9.90 Å². The number of alkyl halides is 1. The Balaban J connectivity index is 1.70. The number of ether oxygens (including phenoxy) is 1. The van der Waals surface area contributed by atoms with Crippen LogP contribution in [0.25, 0.3) is 22.2 Å². The number of rotatable bonds is 9. The zero-order valence-electron chi connectivity index (χ0n) is 23.6. The summed E-state index contributed by atoms with van der Waals surface area (Å²) in [4.78, 5) is 16.9. The molecule has 5 rings (SSSR count). The lowest BCUT2D eigenvalue weighted by Gasteiger charge is -2.32.